The zero-order valence-electron chi connectivity index (χ0n) is 17.6. The van der Waals surface area contributed by atoms with Gasteiger partial charge in [0.2, 0.25) is 0 Å². The number of hydrogen-bond donors (Lipinski definition) is 1. The van der Waals surface area contributed by atoms with E-state index in [1.807, 2.05) is 0 Å². The van der Waals surface area contributed by atoms with Crippen LogP contribution in [0.4, 0.5) is 19.0 Å². The molecule has 3 rings (SSSR count). The van der Waals surface area contributed by atoms with Crippen LogP contribution >= 0.6 is 0 Å². The van der Waals surface area contributed by atoms with E-state index in [4.69, 9.17) is 14.2 Å². The number of alkyl halides is 2. The first-order valence-corrected chi connectivity index (χ1v) is 9.53. The SMILES string of the molecule is COCCOc1cc2c(NC(C)c3cccc(C(F)F)c3F)nc(C)nc2nc1OC. The van der Waals surface area contributed by atoms with Gasteiger partial charge in [-0.05, 0) is 13.8 Å². The van der Waals surface area contributed by atoms with Crippen LogP contribution in [0.5, 0.6) is 11.6 Å². The van der Waals surface area contributed by atoms with Crippen molar-refractivity contribution in [2.75, 3.05) is 32.8 Å². The minimum absolute atomic E-state index is 0.0975. The Bertz CT molecular complexity index is 1070. The van der Waals surface area contributed by atoms with Gasteiger partial charge in [0.25, 0.3) is 12.3 Å². The summed E-state index contributed by atoms with van der Waals surface area (Å²) in [6, 6.07) is 4.93. The van der Waals surface area contributed by atoms with E-state index in [0.717, 1.165) is 6.07 Å². The molecule has 0 amide bonds. The predicted molar refractivity (Wildman–Crippen MR) is 109 cm³/mol. The van der Waals surface area contributed by atoms with Gasteiger partial charge in [0, 0.05) is 18.7 Å². The van der Waals surface area contributed by atoms with E-state index in [9.17, 15) is 13.2 Å². The molecule has 0 aliphatic carbocycles. The first-order chi connectivity index (χ1) is 14.8. The highest BCUT2D eigenvalue weighted by molar-refractivity contribution is 5.88. The Hall–Kier alpha value is -3.14. The lowest BCUT2D eigenvalue weighted by molar-refractivity contribution is 0.144. The summed E-state index contributed by atoms with van der Waals surface area (Å²) >= 11 is 0. The van der Waals surface area contributed by atoms with E-state index in [0.29, 0.717) is 35.0 Å². The highest BCUT2D eigenvalue weighted by atomic mass is 19.3. The fourth-order valence-electron chi connectivity index (χ4n) is 3.08. The van der Waals surface area contributed by atoms with Gasteiger partial charge >= 0.3 is 0 Å². The Morgan fingerprint density at radius 1 is 1.06 bits per heavy atom. The molecule has 1 unspecified atom stereocenters. The maximum Gasteiger partial charge on any atom is 0.266 e. The number of ether oxygens (including phenoxy) is 3. The Morgan fingerprint density at radius 3 is 2.48 bits per heavy atom. The second-order valence-electron chi connectivity index (χ2n) is 6.74. The van der Waals surface area contributed by atoms with Crippen LogP contribution < -0.4 is 14.8 Å². The molecule has 0 fully saturated rings. The number of anilines is 1. The Kier molecular flexibility index (Phi) is 7.11. The lowest BCUT2D eigenvalue weighted by Gasteiger charge is -2.19. The third-order valence-corrected chi connectivity index (χ3v) is 4.58. The number of pyridine rings is 1. The lowest BCUT2D eigenvalue weighted by Crippen LogP contribution is -2.13. The summed E-state index contributed by atoms with van der Waals surface area (Å²) in [5.41, 5.74) is -0.199. The van der Waals surface area contributed by atoms with E-state index >= 15 is 0 Å². The fraction of sp³-hybridized carbons (Fsp3) is 0.381. The first-order valence-electron chi connectivity index (χ1n) is 9.53. The van der Waals surface area contributed by atoms with Crippen LogP contribution in [0.1, 0.15) is 36.3 Å². The molecule has 0 bridgehead atoms. The van der Waals surface area contributed by atoms with E-state index in [1.165, 1.54) is 19.2 Å². The first kappa shape index (κ1) is 22.5. The molecule has 1 aromatic carbocycles. The highest BCUT2D eigenvalue weighted by Gasteiger charge is 2.21. The van der Waals surface area contributed by atoms with Crippen molar-refractivity contribution in [3.05, 3.63) is 47.0 Å². The highest BCUT2D eigenvalue weighted by Crippen LogP contribution is 2.34. The molecule has 0 spiro atoms. The number of hydrogen-bond acceptors (Lipinski definition) is 7. The van der Waals surface area contributed by atoms with Crippen LogP contribution in [-0.2, 0) is 4.74 Å². The van der Waals surface area contributed by atoms with Crippen LogP contribution in [0.15, 0.2) is 24.3 Å². The van der Waals surface area contributed by atoms with Crippen molar-refractivity contribution in [3.63, 3.8) is 0 Å². The monoisotopic (exact) mass is 436 g/mol. The van der Waals surface area contributed by atoms with Crippen molar-refractivity contribution in [2.45, 2.75) is 26.3 Å². The number of halogens is 3. The van der Waals surface area contributed by atoms with Crippen molar-refractivity contribution in [2.24, 2.45) is 0 Å². The molecule has 0 saturated carbocycles. The number of aryl methyl sites for hydroxylation is 1. The molecule has 0 aliphatic heterocycles. The van der Waals surface area contributed by atoms with Gasteiger partial charge in [-0.1, -0.05) is 18.2 Å². The van der Waals surface area contributed by atoms with E-state index in [1.54, 1.807) is 27.0 Å². The number of fused-ring (bicyclic) bond motifs is 1. The molecule has 3 aromatic rings. The summed E-state index contributed by atoms with van der Waals surface area (Å²) < 4.78 is 56.7. The molecule has 1 N–H and O–H groups in total. The maximum atomic E-state index is 14.6. The molecule has 7 nitrogen and oxygen atoms in total. The Balaban J connectivity index is 2.01. The zero-order valence-corrected chi connectivity index (χ0v) is 17.6. The third kappa shape index (κ3) is 4.96. The molecule has 1 atom stereocenters. The predicted octanol–water partition coefficient (Wildman–Crippen LogP) is 4.62. The van der Waals surface area contributed by atoms with Gasteiger partial charge in [0.15, 0.2) is 11.4 Å². The van der Waals surface area contributed by atoms with Gasteiger partial charge in [-0.25, -0.2) is 23.1 Å². The average Bonchev–Trinajstić information content (AvgIpc) is 2.73. The van der Waals surface area contributed by atoms with Crippen LogP contribution in [0, 0.1) is 12.7 Å². The van der Waals surface area contributed by atoms with Crippen LogP contribution in [0.2, 0.25) is 0 Å². The summed E-state index contributed by atoms with van der Waals surface area (Å²) in [6.07, 6.45) is -2.90. The van der Waals surface area contributed by atoms with Crippen LogP contribution in [0.25, 0.3) is 11.0 Å². The molecule has 0 saturated heterocycles. The minimum Gasteiger partial charge on any atom is -0.486 e. The van der Waals surface area contributed by atoms with Gasteiger partial charge in [0.1, 0.15) is 24.1 Å². The third-order valence-electron chi connectivity index (χ3n) is 4.58. The molecule has 166 valence electrons. The molecule has 10 heteroatoms. The zero-order chi connectivity index (χ0) is 22.5. The minimum atomic E-state index is -2.90. The summed E-state index contributed by atoms with van der Waals surface area (Å²) in [5, 5.41) is 3.59. The number of aromatic nitrogens is 3. The molecule has 0 aliphatic rings. The van der Waals surface area contributed by atoms with Gasteiger partial charge in [-0.2, -0.15) is 4.98 Å². The quantitative estimate of drug-likeness (QED) is 0.491. The van der Waals surface area contributed by atoms with Crippen molar-refractivity contribution < 1.29 is 27.4 Å². The van der Waals surface area contributed by atoms with Crippen molar-refractivity contribution in [1.29, 1.82) is 0 Å². The second kappa shape index (κ2) is 9.78. The number of methoxy groups -OCH3 is 2. The Labute approximate surface area is 177 Å². The van der Waals surface area contributed by atoms with E-state index < -0.39 is 23.8 Å². The molecule has 2 heterocycles. The summed E-state index contributed by atoms with van der Waals surface area (Å²) in [5.74, 6) is 0.448. The van der Waals surface area contributed by atoms with E-state index in [-0.39, 0.29) is 18.1 Å². The largest absolute Gasteiger partial charge is 0.486 e. The summed E-state index contributed by atoms with van der Waals surface area (Å²) in [4.78, 5) is 13.1. The molecular weight excluding hydrogens is 413 g/mol. The summed E-state index contributed by atoms with van der Waals surface area (Å²) in [6.45, 7) is 3.99. The van der Waals surface area contributed by atoms with Gasteiger partial charge in [-0.15, -0.1) is 0 Å². The number of nitrogens with zero attached hydrogens (tertiary/aromatic N) is 3. The number of benzene rings is 1. The topological polar surface area (TPSA) is 78.4 Å². The van der Waals surface area contributed by atoms with Crippen LogP contribution in [-0.4, -0.2) is 42.4 Å². The molecule has 0 radical (unpaired) electrons. The smallest absolute Gasteiger partial charge is 0.266 e. The Morgan fingerprint density at radius 2 is 1.81 bits per heavy atom. The molecular formula is C21H23F3N4O3. The van der Waals surface area contributed by atoms with Gasteiger partial charge in [0.05, 0.1) is 30.7 Å². The fourth-order valence-corrected chi connectivity index (χ4v) is 3.08. The van der Waals surface area contributed by atoms with Gasteiger partial charge in [-0.3, -0.25) is 0 Å². The van der Waals surface area contributed by atoms with Crippen LogP contribution in [0.3, 0.4) is 0 Å². The lowest BCUT2D eigenvalue weighted by atomic mass is 10.0. The van der Waals surface area contributed by atoms with Gasteiger partial charge < -0.3 is 19.5 Å². The molecule has 2 aromatic heterocycles. The number of nitrogens with one attached hydrogen (secondary N) is 1. The summed E-state index contributed by atoms with van der Waals surface area (Å²) in [7, 11) is 3.02. The normalized spacial score (nSPS) is 12.3. The average molecular weight is 436 g/mol. The molecule has 31 heavy (non-hydrogen) atoms. The van der Waals surface area contributed by atoms with Crippen molar-refractivity contribution >= 4 is 16.9 Å². The number of rotatable bonds is 9. The van der Waals surface area contributed by atoms with Crippen molar-refractivity contribution in [1.82, 2.24) is 15.0 Å². The standard InChI is InChI=1S/C21H23F3N4O3/c1-11(13-6-5-7-14(17(13)22)18(23)24)25-19-15-10-16(31-9-8-29-3)21(30-4)28-20(15)27-12(2)26-19/h5-7,10-11,18H,8-9H2,1-4H3,(H,25,26,27,28). The van der Waals surface area contributed by atoms with E-state index in [2.05, 4.69) is 20.3 Å². The maximum absolute atomic E-state index is 14.6. The second-order valence-corrected chi connectivity index (χ2v) is 6.74. The van der Waals surface area contributed by atoms with Crippen molar-refractivity contribution in [3.8, 4) is 11.6 Å².